The summed E-state index contributed by atoms with van der Waals surface area (Å²) in [5.74, 6) is 1.45. The van der Waals surface area contributed by atoms with Gasteiger partial charge in [0.05, 0.1) is 35.3 Å². The molecule has 1 N–H and O–H groups in total. The predicted molar refractivity (Wildman–Crippen MR) is 103 cm³/mol. The smallest absolute Gasteiger partial charge is 0.150 e. The molecule has 0 bridgehead atoms. The lowest BCUT2D eigenvalue weighted by Crippen LogP contribution is -1.89. The number of hydrogen-bond acceptors (Lipinski definition) is 4. The van der Waals surface area contributed by atoms with E-state index in [1.165, 1.54) is 0 Å². The van der Waals surface area contributed by atoms with E-state index >= 15 is 0 Å². The van der Waals surface area contributed by atoms with Crippen LogP contribution in [0.15, 0.2) is 94.4 Å². The molecule has 0 aliphatic carbocycles. The second kappa shape index (κ2) is 6.46. The Kier molecular flexibility index (Phi) is 3.68. The third-order valence-electron chi connectivity index (χ3n) is 4.38. The number of hydrogen-bond donors (Lipinski definition) is 1. The monoisotopic (exact) mass is 353 g/mol. The minimum absolute atomic E-state index is 0.727. The molecule has 0 aromatic carbocycles. The van der Waals surface area contributed by atoms with E-state index in [0.717, 1.165) is 45.4 Å². The van der Waals surface area contributed by atoms with E-state index in [1.54, 1.807) is 24.9 Å². The zero-order chi connectivity index (χ0) is 18.1. The van der Waals surface area contributed by atoms with Crippen molar-refractivity contribution in [1.82, 2.24) is 15.0 Å². The molecule has 27 heavy (non-hydrogen) atoms. The molecule has 0 aliphatic rings. The SMILES string of the molecule is c1ccc(-c2c(-c3ccco3)[nH]c(-c3ccco3)c2-c2ccccn2)nc1. The molecule has 0 fully saturated rings. The molecule has 5 nitrogen and oxygen atoms in total. The fraction of sp³-hybridized carbons (Fsp3) is 0. The summed E-state index contributed by atoms with van der Waals surface area (Å²) in [7, 11) is 0. The highest BCUT2D eigenvalue weighted by Crippen LogP contribution is 2.44. The van der Waals surface area contributed by atoms with Crippen molar-refractivity contribution in [2.45, 2.75) is 0 Å². The average Bonchev–Trinajstić information content (AvgIpc) is 3.49. The van der Waals surface area contributed by atoms with Crippen molar-refractivity contribution in [2.75, 3.05) is 0 Å². The lowest BCUT2D eigenvalue weighted by atomic mass is 9.99. The number of H-pyrrole nitrogens is 1. The van der Waals surface area contributed by atoms with Crippen molar-refractivity contribution in [2.24, 2.45) is 0 Å². The van der Waals surface area contributed by atoms with Gasteiger partial charge in [-0.15, -0.1) is 0 Å². The molecule has 0 saturated carbocycles. The molecule has 0 saturated heterocycles. The summed E-state index contributed by atoms with van der Waals surface area (Å²) < 4.78 is 11.4. The largest absolute Gasteiger partial charge is 0.463 e. The molecule has 130 valence electrons. The Morgan fingerprint density at radius 1 is 0.593 bits per heavy atom. The van der Waals surface area contributed by atoms with Crippen LogP contribution < -0.4 is 0 Å². The van der Waals surface area contributed by atoms with E-state index in [2.05, 4.69) is 15.0 Å². The fourth-order valence-corrected chi connectivity index (χ4v) is 3.24. The quantitative estimate of drug-likeness (QED) is 0.453. The summed E-state index contributed by atoms with van der Waals surface area (Å²) in [6, 6.07) is 19.3. The molecule has 0 unspecified atom stereocenters. The first kappa shape index (κ1) is 15.4. The maximum atomic E-state index is 5.69. The van der Waals surface area contributed by atoms with Gasteiger partial charge in [-0.25, -0.2) is 0 Å². The van der Waals surface area contributed by atoms with Gasteiger partial charge in [0.15, 0.2) is 11.5 Å². The topological polar surface area (TPSA) is 67.8 Å². The number of nitrogens with one attached hydrogen (secondary N) is 1. The summed E-state index contributed by atoms with van der Waals surface area (Å²) in [5, 5.41) is 0. The Labute approximate surface area is 155 Å². The van der Waals surface area contributed by atoms with Gasteiger partial charge in [-0.1, -0.05) is 12.1 Å². The molecule has 5 aromatic heterocycles. The molecule has 0 radical (unpaired) electrons. The first-order valence-corrected chi connectivity index (χ1v) is 8.58. The summed E-state index contributed by atoms with van der Waals surface area (Å²) in [6.45, 7) is 0. The Bertz CT molecular complexity index is 1050. The highest BCUT2D eigenvalue weighted by atomic mass is 16.3. The molecule has 5 heteroatoms. The molecular formula is C22H15N3O2. The molecular weight excluding hydrogens is 338 g/mol. The first-order chi connectivity index (χ1) is 13.4. The standard InChI is InChI=1S/C22H15N3O2/c1-3-11-23-15(7-1)19-20(16-8-2-4-12-24-16)22(18-10-6-14-27-18)25-21(19)17-9-5-13-26-17/h1-14,25H. The molecule has 0 atom stereocenters. The van der Waals surface area contributed by atoms with Crippen LogP contribution in [0.5, 0.6) is 0 Å². The maximum Gasteiger partial charge on any atom is 0.150 e. The normalized spacial score (nSPS) is 11.0. The summed E-state index contributed by atoms with van der Waals surface area (Å²) in [6.07, 6.45) is 6.88. The Morgan fingerprint density at radius 2 is 1.11 bits per heavy atom. The van der Waals surface area contributed by atoms with E-state index in [4.69, 9.17) is 8.83 Å². The van der Waals surface area contributed by atoms with Crippen molar-refractivity contribution < 1.29 is 8.83 Å². The second-order valence-electron chi connectivity index (χ2n) is 6.01. The molecule has 5 rings (SSSR count). The van der Waals surface area contributed by atoms with Crippen LogP contribution in [0.4, 0.5) is 0 Å². The highest BCUT2D eigenvalue weighted by molar-refractivity contribution is 5.98. The van der Waals surface area contributed by atoms with E-state index in [1.807, 2.05) is 60.7 Å². The van der Waals surface area contributed by atoms with E-state index in [9.17, 15) is 0 Å². The van der Waals surface area contributed by atoms with Gasteiger partial charge in [0.1, 0.15) is 0 Å². The second-order valence-corrected chi connectivity index (χ2v) is 6.01. The van der Waals surface area contributed by atoms with Crippen LogP contribution in [-0.2, 0) is 0 Å². The lowest BCUT2D eigenvalue weighted by molar-refractivity contribution is 0.577. The van der Waals surface area contributed by atoms with Gasteiger partial charge in [0.25, 0.3) is 0 Å². The highest BCUT2D eigenvalue weighted by Gasteiger charge is 2.26. The molecule has 5 heterocycles. The minimum Gasteiger partial charge on any atom is -0.463 e. The van der Waals surface area contributed by atoms with Crippen molar-refractivity contribution in [3.8, 4) is 45.4 Å². The molecule has 0 amide bonds. The van der Waals surface area contributed by atoms with Crippen LogP contribution >= 0.6 is 0 Å². The summed E-state index contributed by atoms with van der Waals surface area (Å²) in [5.41, 5.74) is 5.19. The molecule has 0 spiro atoms. The zero-order valence-electron chi connectivity index (χ0n) is 14.3. The van der Waals surface area contributed by atoms with Crippen LogP contribution in [0.2, 0.25) is 0 Å². The van der Waals surface area contributed by atoms with Gasteiger partial charge in [-0.3, -0.25) is 9.97 Å². The van der Waals surface area contributed by atoms with Gasteiger partial charge in [-0.2, -0.15) is 0 Å². The molecule has 5 aromatic rings. The zero-order valence-corrected chi connectivity index (χ0v) is 14.3. The number of aromatic amines is 1. The maximum absolute atomic E-state index is 5.69. The minimum atomic E-state index is 0.727. The Hall–Kier alpha value is -3.86. The van der Waals surface area contributed by atoms with Crippen molar-refractivity contribution >= 4 is 0 Å². The summed E-state index contributed by atoms with van der Waals surface area (Å²) in [4.78, 5) is 12.6. The number of pyridine rings is 2. The average molecular weight is 353 g/mol. The van der Waals surface area contributed by atoms with Gasteiger partial charge in [0, 0.05) is 23.5 Å². The number of nitrogens with zero attached hydrogens (tertiary/aromatic N) is 2. The van der Waals surface area contributed by atoms with E-state index in [0.29, 0.717) is 0 Å². The Balaban J connectivity index is 1.89. The third-order valence-corrected chi connectivity index (χ3v) is 4.38. The summed E-state index contributed by atoms with van der Waals surface area (Å²) >= 11 is 0. The van der Waals surface area contributed by atoms with E-state index < -0.39 is 0 Å². The van der Waals surface area contributed by atoms with Gasteiger partial charge < -0.3 is 13.8 Å². The van der Waals surface area contributed by atoms with Gasteiger partial charge in [0.2, 0.25) is 0 Å². The lowest BCUT2D eigenvalue weighted by Gasteiger charge is -2.07. The van der Waals surface area contributed by atoms with E-state index in [-0.39, 0.29) is 0 Å². The fourth-order valence-electron chi connectivity index (χ4n) is 3.24. The van der Waals surface area contributed by atoms with Gasteiger partial charge >= 0.3 is 0 Å². The van der Waals surface area contributed by atoms with Crippen LogP contribution in [0.25, 0.3) is 45.4 Å². The Morgan fingerprint density at radius 3 is 1.48 bits per heavy atom. The number of aromatic nitrogens is 3. The third kappa shape index (κ3) is 2.66. The van der Waals surface area contributed by atoms with Crippen molar-refractivity contribution in [1.29, 1.82) is 0 Å². The van der Waals surface area contributed by atoms with Crippen molar-refractivity contribution in [3.63, 3.8) is 0 Å². The van der Waals surface area contributed by atoms with Crippen LogP contribution in [0.3, 0.4) is 0 Å². The molecule has 0 aliphatic heterocycles. The van der Waals surface area contributed by atoms with Crippen LogP contribution in [-0.4, -0.2) is 15.0 Å². The van der Waals surface area contributed by atoms with Crippen LogP contribution in [0, 0.1) is 0 Å². The first-order valence-electron chi connectivity index (χ1n) is 8.58. The predicted octanol–water partition coefficient (Wildman–Crippen LogP) is 5.66. The number of furan rings is 2. The van der Waals surface area contributed by atoms with Crippen LogP contribution in [0.1, 0.15) is 0 Å². The number of rotatable bonds is 4. The van der Waals surface area contributed by atoms with Gasteiger partial charge in [-0.05, 0) is 48.5 Å². The van der Waals surface area contributed by atoms with Crippen molar-refractivity contribution in [3.05, 3.63) is 85.6 Å².